The number of ether oxygens (including phenoxy) is 2. The van der Waals surface area contributed by atoms with E-state index in [0.29, 0.717) is 11.3 Å². The summed E-state index contributed by atoms with van der Waals surface area (Å²) in [5.74, 6) is -1.14. The topological polar surface area (TPSA) is 92.8 Å². The molecule has 0 spiro atoms. The standard InChI is InChI=1S/C14H15NO5/c1-19-13(17)7-12-10(14(18)20-2)5-8-3-4-9(16)6-11(8)15-12/h3-8,12,16-17H,1-2H3/b13-7-. The zero-order chi connectivity index (χ0) is 14.7. The number of hydrogen-bond donors (Lipinski definition) is 2. The number of aliphatic hydroxyl groups is 1. The van der Waals surface area contributed by atoms with Crippen molar-refractivity contribution >= 4 is 11.7 Å². The van der Waals surface area contributed by atoms with Crippen molar-refractivity contribution in [1.82, 2.24) is 0 Å². The molecule has 2 rings (SSSR count). The van der Waals surface area contributed by atoms with E-state index in [0.717, 1.165) is 0 Å². The van der Waals surface area contributed by atoms with Crippen LogP contribution >= 0.6 is 0 Å². The predicted octanol–water partition coefficient (Wildman–Crippen LogP) is -1.53. The summed E-state index contributed by atoms with van der Waals surface area (Å²) in [6.07, 6.45) is 7.78. The minimum Gasteiger partial charge on any atom is -0.617 e. The third-order valence-corrected chi connectivity index (χ3v) is 3.08. The van der Waals surface area contributed by atoms with Gasteiger partial charge < -0.3 is 19.7 Å². The highest BCUT2D eigenvalue weighted by molar-refractivity contribution is 6.00. The molecule has 0 bridgehead atoms. The number of carbonyl (C=O) groups excluding carboxylic acids is 1. The summed E-state index contributed by atoms with van der Waals surface area (Å²) in [6.45, 7) is 0. The average molecular weight is 277 g/mol. The summed E-state index contributed by atoms with van der Waals surface area (Å²) in [5.41, 5.74) is 1.02. The van der Waals surface area contributed by atoms with E-state index in [4.69, 9.17) is 4.74 Å². The lowest BCUT2D eigenvalue weighted by molar-refractivity contribution is -0.482. The molecule has 106 valence electrons. The van der Waals surface area contributed by atoms with Gasteiger partial charge in [-0.1, -0.05) is 6.08 Å². The number of allylic oxidation sites excluding steroid dienone is 4. The van der Waals surface area contributed by atoms with E-state index in [1.807, 2.05) is 0 Å². The second-order valence-corrected chi connectivity index (χ2v) is 4.33. The van der Waals surface area contributed by atoms with Crippen molar-refractivity contribution in [3.8, 4) is 0 Å². The van der Waals surface area contributed by atoms with Gasteiger partial charge in [0.25, 0.3) is 0 Å². The molecule has 6 heteroatoms. The maximum absolute atomic E-state index is 11.8. The van der Waals surface area contributed by atoms with Crippen LogP contribution in [0.3, 0.4) is 0 Å². The first-order valence-corrected chi connectivity index (χ1v) is 6.00. The zero-order valence-corrected chi connectivity index (χ0v) is 11.1. The molecule has 1 aliphatic carbocycles. The van der Waals surface area contributed by atoms with E-state index in [1.54, 1.807) is 24.3 Å². The van der Waals surface area contributed by atoms with Gasteiger partial charge in [-0.3, -0.25) is 0 Å². The Hall–Kier alpha value is -2.50. The third kappa shape index (κ3) is 2.74. The van der Waals surface area contributed by atoms with Crippen molar-refractivity contribution in [3.63, 3.8) is 0 Å². The molecule has 1 aliphatic heterocycles. The number of hydrogen-bond acceptors (Lipinski definition) is 5. The van der Waals surface area contributed by atoms with E-state index in [1.165, 1.54) is 20.3 Å². The lowest BCUT2D eigenvalue weighted by atomic mass is 9.89. The maximum atomic E-state index is 11.8. The van der Waals surface area contributed by atoms with Crippen LogP contribution in [0.1, 0.15) is 0 Å². The highest BCUT2D eigenvalue weighted by Gasteiger charge is 2.33. The molecule has 0 saturated carbocycles. The normalized spacial score (nSPS) is 25.1. The molecular weight excluding hydrogens is 262 g/mol. The Labute approximate surface area is 116 Å². The first kappa shape index (κ1) is 13.9. The average Bonchev–Trinajstić information content (AvgIpc) is 2.45. The maximum Gasteiger partial charge on any atom is 0.340 e. The van der Waals surface area contributed by atoms with Crippen molar-refractivity contribution < 1.29 is 29.5 Å². The largest absolute Gasteiger partial charge is 0.617 e. The van der Waals surface area contributed by atoms with E-state index in [9.17, 15) is 15.0 Å². The third-order valence-electron chi connectivity index (χ3n) is 3.08. The number of aliphatic hydroxyl groups excluding tert-OH is 1. The number of rotatable bonds is 3. The van der Waals surface area contributed by atoms with Crippen LogP contribution in [-0.2, 0) is 14.3 Å². The molecule has 0 amide bonds. The van der Waals surface area contributed by atoms with Crippen LogP contribution in [0.15, 0.2) is 47.7 Å². The molecule has 2 aliphatic rings. The molecular formula is C14H15NO5. The SMILES string of the molecule is COC(=O)C1=CC2C=CC(O)=CC2=[NH+]C1/C=C(/[O-])OC. The molecule has 2 unspecified atom stereocenters. The Morgan fingerprint density at radius 1 is 1.45 bits per heavy atom. The zero-order valence-electron chi connectivity index (χ0n) is 11.1. The number of methoxy groups -OCH3 is 2. The second-order valence-electron chi connectivity index (χ2n) is 4.33. The van der Waals surface area contributed by atoms with Crippen LogP contribution in [-0.4, -0.2) is 37.0 Å². The van der Waals surface area contributed by atoms with Crippen molar-refractivity contribution in [2.24, 2.45) is 5.92 Å². The fraction of sp³-hybridized carbons (Fsp3) is 0.286. The minimum absolute atomic E-state index is 0.107. The predicted molar refractivity (Wildman–Crippen MR) is 68.3 cm³/mol. The molecule has 2 N–H and O–H groups in total. The summed E-state index contributed by atoms with van der Waals surface area (Å²) in [4.78, 5) is 14.8. The van der Waals surface area contributed by atoms with Gasteiger partial charge in [-0.25, -0.2) is 9.79 Å². The molecule has 0 radical (unpaired) electrons. The van der Waals surface area contributed by atoms with Crippen molar-refractivity contribution in [2.75, 3.05) is 14.2 Å². The molecule has 0 saturated heterocycles. The Bertz CT molecular complexity index is 568. The van der Waals surface area contributed by atoms with Gasteiger partial charge in [-0.2, -0.15) is 0 Å². The first-order chi connectivity index (χ1) is 9.55. The highest BCUT2D eigenvalue weighted by Crippen LogP contribution is 2.18. The molecule has 1 heterocycles. The summed E-state index contributed by atoms with van der Waals surface area (Å²) < 4.78 is 9.29. The number of esters is 1. The van der Waals surface area contributed by atoms with Gasteiger partial charge in [0.1, 0.15) is 11.3 Å². The number of fused-ring (bicyclic) bond motifs is 1. The lowest BCUT2D eigenvalue weighted by Crippen LogP contribution is -2.82. The van der Waals surface area contributed by atoms with Crippen molar-refractivity contribution in [3.05, 3.63) is 47.7 Å². The fourth-order valence-corrected chi connectivity index (χ4v) is 2.10. The number of carbonyl (C=O) groups is 1. The van der Waals surface area contributed by atoms with Crippen LogP contribution in [0.25, 0.3) is 0 Å². The first-order valence-electron chi connectivity index (χ1n) is 6.00. The quantitative estimate of drug-likeness (QED) is 0.482. The van der Waals surface area contributed by atoms with Gasteiger partial charge in [-0.15, -0.1) is 0 Å². The summed E-state index contributed by atoms with van der Waals surface area (Å²) in [5, 5.41) is 20.9. The molecule has 2 atom stereocenters. The van der Waals surface area contributed by atoms with E-state index in [-0.39, 0.29) is 11.7 Å². The Morgan fingerprint density at radius 2 is 2.20 bits per heavy atom. The van der Waals surface area contributed by atoms with Gasteiger partial charge >= 0.3 is 5.97 Å². The van der Waals surface area contributed by atoms with Crippen molar-refractivity contribution in [2.45, 2.75) is 6.04 Å². The van der Waals surface area contributed by atoms with Crippen molar-refractivity contribution in [1.29, 1.82) is 0 Å². The van der Waals surface area contributed by atoms with Gasteiger partial charge in [0, 0.05) is 12.2 Å². The fourth-order valence-electron chi connectivity index (χ4n) is 2.10. The Morgan fingerprint density at radius 3 is 2.85 bits per heavy atom. The summed E-state index contributed by atoms with van der Waals surface area (Å²) >= 11 is 0. The summed E-state index contributed by atoms with van der Waals surface area (Å²) in [6, 6.07) is -0.656. The minimum atomic E-state index is -0.656. The molecule has 0 aromatic heterocycles. The van der Waals surface area contributed by atoms with Gasteiger partial charge in [-0.05, 0) is 19.3 Å². The summed E-state index contributed by atoms with van der Waals surface area (Å²) in [7, 11) is 2.54. The van der Waals surface area contributed by atoms with Crippen LogP contribution in [0.4, 0.5) is 0 Å². The van der Waals surface area contributed by atoms with E-state index < -0.39 is 18.0 Å². The lowest BCUT2D eigenvalue weighted by Gasteiger charge is -2.20. The van der Waals surface area contributed by atoms with E-state index >= 15 is 0 Å². The van der Waals surface area contributed by atoms with Crippen LogP contribution in [0, 0.1) is 5.92 Å². The highest BCUT2D eigenvalue weighted by atomic mass is 16.6. The molecule has 0 fully saturated rings. The molecule has 0 aromatic rings. The molecule has 0 aromatic carbocycles. The smallest absolute Gasteiger partial charge is 0.340 e. The Balaban J connectivity index is 2.40. The molecule has 6 nitrogen and oxygen atoms in total. The monoisotopic (exact) mass is 277 g/mol. The van der Waals surface area contributed by atoms with E-state index in [2.05, 4.69) is 9.73 Å². The number of nitrogens with one attached hydrogen (secondary N) is 1. The van der Waals surface area contributed by atoms with Gasteiger partial charge in [0.15, 0.2) is 5.71 Å². The Kier molecular flexibility index (Phi) is 3.93. The van der Waals surface area contributed by atoms with Crippen LogP contribution in [0.2, 0.25) is 0 Å². The van der Waals surface area contributed by atoms with Crippen LogP contribution < -0.4 is 10.1 Å². The van der Waals surface area contributed by atoms with Gasteiger partial charge in [0.05, 0.1) is 19.0 Å². The van der Waals surface area contributed by atoms with Crippen LogP contribution in [0.5, 0.6) is 0 Å². The molecule has 20 heavy (non-hydrogen) atoms. The second kappa shape index (κ2) is 5.64. The van der Waals surface area contributed by atoms with Gasteiger partial charge in [0.2, 0.25) is 6.04 Å².